The number of halogens is 1. The van der Waals surface area contributed by atoms with E-state index < -0.39 is 0 Å². The molecule has 0 atom stereocenters. The maximum atomic E-state index is 4.57. The van der Waals surface area contributed by atoms with Crippen LogP contribution in [0, 0.1) is 24.3 Å². The van der Waals surface area contributed by atoms with Gasteiger partial charge in [-0.05, 0) is 49.4 Å². The van der Waals surface area contributed by atoms with Gasteiger partial charge in [-0.25, -0.2) is 9.97 Å². The lowest BCUT2D eigenvalue weighted by Crippen LogP contribution is -2.02. The second-order valence-electron chi connectivity index (χ2n) is 3.87. The third-order valence-corrected chi connectivity index (χ3v) is 4.79. The van der Waals surface area contributed by atoms with Gasteiger partial charge in [0, 0.05) is 22.4 Å². The van der Waals surface area contributed by atoms with E-state index in [9.17, 15) is 0 Å². The van der Waals surface area contributed by atoms with Crippen molar-refractivity contribution in [3.8, 4) is 11.4 Å². The topological polar surface area (TPSA) is 37.8 Å². The van der Waals surface area contributed by atoms with Crippen LogP contribution in [-0.4, -0.2) is 17.0 Å². The first-order chi connectivity index (χ1) is 8.02. The summed E-state index contributed by atoms with van der Waals surface area (Å²) in [4.78, 5) is 11.7. The number of aromatic nitrogens is 2. The van der Waals surface area contributed by atoms with Gasteiger partial charge in [0.25, 0.3) is 0 Å². The molecule has 2 aromatic heterocycles. The largest absolute Gasteiger partial charge is 0.372 e. The van der Waals surface area contributed by atoms with Crippen LogP contribution in [0.15, 0.2) is 6.07 Å². The van der Waals surface area contributed by atoms with E-state index in [0.717, 1.165) is 26.5 Å². The normalized spacial score (nSPS) is 10.6. The van der Waals surface area contributed by atoms with Gasteiger partial charge in [0.15, 0.2) is 5.82 Å². The summed E-state index contributed by atoms with van der Waals surface area (Å²) in [6.45, 7) is 6.24. The second kappa shape index (κ2) is 4.89. The number of nitrogens with zero attached hydrogens (tertiary/aromatic N) is 2. The maximum Gasteiger partial charge on any atom is 0.162 e. The molecule has 0 aromatic carbocycles. The molecule has 1 N–H and O–H groups in total. The molecule has 0 spiro atoms. The van der Waals surface area contributed by atoms with Gasteiger partial charge in [0.05, 0.1) is 9.26 Å². The highest BCUT2D eigenvalue weighted by molar-refractivity contribution is 14.1. The van der Waals surface area contributed by atoms with Crippen molar-refractivity contribution in [3.05, 3.63) is 25.1 Å². The molecule has 0 saturated carbocycles. The monoisotopic (exact) mass is 359 g/mol. The van der Waals surface area contributed by atoms with E-state index in [-0.39, 0.29) is 0 Å². The van der Waals surface area contributed by atoms with Gasteiger partial charge in [-0.1, -0.05) is 0 Å². The van der Waals surface area contributed by atoms with Gasteiger partial charge in [0.1, 0.15) is 5.82 Å². The van der Waals surface area contributed by atoms with Crippen molar-refractivity contribution in [3.63, 3.8) is 0 Å². The number of hydrogen-bond acceptors (Lipinski definition) is 4. The van der Waals surface area contributed by atoms with E-state index in [1.54, 1.807) is 11.3 Å². The Hall–Kier alpha value is -0.690. The molecule has 0 aliphatic rings. The summed E-state index contributed by atoms with van der Waals surface area (Å²) in [5.41, 5.74) is 2.16. The van der Waals surface area contributed by atoms with Gasteiger partial charge in [-0.2, -0.15) is 0 Å². The van der Waals surface area contributed by atoms with E-state index in [2.05, 4.69) is 57.8 Å². The van der Waals surface area contributed by atoms with Crippen molar-refractivity contribution in [2.45, 2.75) is 20.8 Å². The Bertz CT molecular complexity index is 563. The summed E-state index contributed by atoms with van der Waals surface area (Å²) in [5, 5.41) is 3.12. The Morgan fingerprint density at radius 2 is 1.94 bits per heavy atom. The molecule has 0 aliphatic heterocycles. The minimum absolute atomic E-state index is 0.814. The van der Waals surface area contributed by atoms with Crippen molar-refractivity contribution < 1.29 is 0 Å². The van der Waals surface area contributed by atoms with Crippen LogP contribution < -0.4 is 5.32 Å². The first kappa shape index (κ1) is 12.8. The van der Waals surface area contributed by atoms with Crippen LogP contribution in [0.5, 0.6) is 0 Å². The van der Waals surface area contributed by atoms with Crippen LogP contribution in [0.25, 0.3) is 11.4 Å². The molecule has 0 radical (unpaired) electrons. The average Bonchev–Trinajstić information content (AvgIpc) is 2.61. The van der Waals surface area contributed by atoms with Gasteiger partial charge in [-0.3, -0.25) is 0 Å². The minimum atomic E-state index is 0.814. The highest BCUT2D eigenvalue weighted by Crippen LogP contribution is 2.30. The van der Waals surface area contributed by atoms with Crippen molar-refractivity contribution in [2.24, 2.45) is 0 Å². The lowest BCUT2D eigenvalue weighted by Gasteiger charge is -2.08. The molecule has 0 unspecified atom stereocenters. The fourth-order valence-corrected chi connectivity index (χ4v) is 3.13. The molecular formula is C12H14IN3S. The number of aryl methyl sites for hydroxylation is 3. The number of anilines is 1. The summed E-state index contributed by atoms with van der Waals surface area (Å²) in [6, 6.07) is 2.15. The average molecular weight is 359 g/mol. The molecule has 0 amide bonds. The highest BCUT2D eigenvalue weighted by atomic mass is 127. The number of nitrogens with one attached hydrogen (secondary N) is 1. The first-order valence-electron chi connectivity index (χ1n) is 5.32. The molecule has 17 heavy (non-hydrogen) atoms. The number of rotatable bonds is 2. The third kappa shape index (κ3) is 2.44. The van der Waals surface area contributed by atoms with Crippen LogP contribution in [0.1, 0.15) is 15.4 Å². The number of hydrogen-bond donors (Lipinski definition) is 1. The van der Waals surface area contributed by atoms with E-state index in [0.29, 0.717) is 0 Å². The molecule has 2 heterocycles. The van der Waals surface area contributed by atoms with Crippen molar-refractivity contribution in [1.29, 1.82) is 0 Å². The smallest absolute Gasteiger partial charge is 0.162 e. The Morgan fingerprint density at radius 3 is 2.47 bits per heavy atom. The lowest BCUT2D eigenvalue weighted by atomic mass is 10.2. The predicted molar refractivity (Wildman–Crippen MR) is 81.8 cm³/mol. The maximum absolute atomic E-state index is 4.57. The van der Waals surface area contributed by atoms with Crippen molar-refractivity contribution in [1.82, 2.24) is 9.97 Å². The van der Waals surface area contributed by atoms with E-state index in [1.165, 1.54) is 9.75 Å². The van der Waals surface area contributed by atoms with Crippen LogP contribution in [-0.2, 0) is 0 Å². The Morgan fingerprint density at radius 1 is 1.24 bits per heavy atom. The minimum Gasteiger partial charge on any atom is -0.372 e. The fourth-order valence-electron chi connectivity index (χ4n) is 1.70. The fraction of sp³-hybridized carbons (Fsp3) is 0.333. The van der Waals surface area contributed by atoms with Crippen LogP contribution in [0.2, 0.25) is 0 Å². The van der Waals surface area contributed by atoms with Crippen LogP contribution in [0.3, 0.4) is 0 Å². The van der Waals surface area contributed by atoms with Crippen LogP contribution in [0.4, 0.5) is 5.82 Å². The van der Waals surface area contributed by atoms with Gasteiger partial charge in [-0.15, -0.1) is 11.3 Å². The summed E-state index contributed by atoms with van der Waals surface area (Å²) in [6.07, 6.45) is 0. The summed E-state index contributed by atoms with van der Waals surface area (Å²) in [5.74, 6) is 1.71. The molecule has 2 aromatic rings. The molecule has 0 bridgehead atoms. The van der Waals surface area contributed by atoms with Gasteiger partial charge < -0.3 is 5.32 Å². The zero-order chi connectivity index (χ0) is 12.6. The van der Waals surface area contributed by atoms with Gasteiger partial charge >= 0.3 is 0 Å². The van der Waals surface area contributed by atoms with Crippen molar-refractivity contribution in [2.75, 3.05) is 12.4 Å². The summed E-state index contributed by atoms with van der Waals surface area (Å²) >= 11 is 4.06. The quantitative estimate of drug-likeness (QED) is 0.830. The van der Waals surface area contributed by atoms with Crippen molar-refractivity contribution >= 4 is 39.7 Å². The van der Waals surface area contributed by atoms with Crippen LogP contribution >= 0.6 is 33.9 Å². The van der Waals surface area contributed by atoms with E-state index in [1.807, 2.05) is 14.0 Å². The number of thiophene rings is 1. The predicted octanol–water partition coefficient (Wildman–Crippen LogP) is 3.78. The summed E-state index contributed by atoms with van der Waals surface area (Å²) in [7, 11) is 1.89. The Balaban J connectivity index is 2.60. The standard InChI is InChI=1S/C12H14IN3S/c1-6-5-9(8(3)17-6)11-15-7(2)10(13)12(14-4)16-11/h5H,1-4H3,(H,14,15,16). The second-order valence-corrected chi connectivity index (χ2v) is 6.41. The molecule has 0 aliphatic carbocycles. The molecule has 3 nitrogen and oxygen atoms in total. The molecule has 0 fully saturated rings. The molecule has 0 saturated heterocycles. The van der Waals surface area contributed by atoms with Gasteiger partial charge in [0.2, 0.25) is 0 Å². The molecular weight excluding hydrogens is 345 g/mol. The third-order valence-electron chi connectivity index (χ3n) is 2.54. The SMILES string of the molecule is CNc1nc(-c2cc(C)sc2C)nc(C)c1I. The Kier molecular flexibility index (Phi) is 3.67. The molecule has 2 rings (SSSR count). The molecule has 5 heteroatoms. The zero-order valence-corrected chi connectivity index (χ0v) is 13.2. The first-order valence-corrected chi connectivity index (χ1v) is 7.21. The summed E-state index contributed by atoms with van der Waals surface area (Å²) < 4.78 is 1.08. The van der Waals surface area contributed by atoms with E-state index in [4.69, 9.17) is 0 Å². The Labute approximate surface area is 119 Å². The molecule has 90 valence electrons. The highest BCUT2D eigenvalue weighted by Gasteiger charge is 2.13. The van der Waals surface area contributed by atoms with E-state index >= 15 is 0 Å². The zero-order valence-electron chi connectivity index (χ0n) is 10.3. The lowest BCUT2D eigenvalue weighted by molar-refractivity contribution is 1.09.